The van der Waals surface area contributed by atoms with Crippen LogP contribution in [-0.4, -0.2) is 77.7 Å². The van der Waals surface area contributed by atoms with Gasteiger partial charge in [-0.1, -0.05) is 109 Å². The lowest BCUT2D eigenvalue weighted by Crippen LogP contribution is -2.54. The molecule has 0 aromatic heterocycles. The predicted molar refractivity (Wildman–Crippen MR) is 194 cm³/mol. The van der Waals surface area contributed by atoms with Gasteiger partial charge in [0, 0.05) is 64.4 Å². The number of carbonyl (C=O) groups excluding carboxylic acids is 1. The third-order valence-electron chi connectivity index (χ3n) is 8.95. The molecule has 2 atom stereocenters. The quantitative estimate of drug-likeness (QED) is 0.234. The van der Waals surface area contributed by atoms with Gasteiger partial charge < -0.3 is 15.0 Å². The van der Waals surface area contributed by atoms with E-state index in [1.165, 1.54) is 33.4 Å². The molecule has 248 valence electrons. The van der Waals surface area contributed by atoms with Crippen molar-refractivity contribution in [2.24, 2.45) is 0 Å². The Hall–Kier alpha value is -3.97. The Labute approximate surface area is 282 Å². The summed E-state index contributed by atoms with van der Waals surface area (Å²) in [7, 11) is 0. The van der Waals surface area contributed by atoms with Gasteiger partial charge in [-0.3, -0.25) is 9.80 Å². The van der Waals surface area contributed by atoms with Crippen molar-refractivity contribution in [2.75, 3.05) is 39.3 Å². The molecule has 2 fully saturated rings. The number of carbonyl (C=O) groups is 1. The van der Waals surface area contributed by atoms with Gasteiger partial charge in [0.2, 0.25) is 0 Å². The van der Waals surface area contributed by atoms with Crippen LogP contribution in [-0.2, 0) is 17.8 Å². The number of hydrogen-bond donors (Lipinski definition) is 1. The van der Waals surface area contributed by atoms with Gasteiger partial charge in [0.25, 0.3) is 0 Å². The lowest BCUT2D eigenvalue weighted by Gasteiger charge is -2.40. The van der Waals surface area contributed by atoms with Gasteiger partial charge in [-0.15, -0.1) is 0 Å². The van der Waals surface area contributed by atoms with Crippen molar-refractivity contribution in [3.05, 3.63) is 120 Å². The summed E-state index contributed by atoms with van der Waals surface area (Å²) in [5.74, 6) is 0. The Morgan fingerprint density at radius 2 is 1.13 bits per heavy atom. The fourth-order valence-corrected chi connectivity index (χ4v) is 6.18. The van der Waals surface area contributed by atoms with Crippen LogP contribution in [0.5, 0.6) is 0 Å². The summed E-state index contributed by atoms with van der Waals surface area (Å²) in [5.41, 5.74) is 7.31. The van der Waals surface area contributed by atoms with E-state index in [2.05, 4.69) is 132 Å². The number of nitrogens with one attached hydrogen (secondary N) is 1. The van der Waals surface area contributed by atoms with Gasteiger partial charge >= 0.3 is 6.09 Å². The molecule has 0 spiro atoms. The minimum absolute atomic E-state index is 0.207. The summed E-state index contributed by atoms with van der Waals surface area (Å²) < 4.78 is 5.50. The molecule has 1 N–H and O–H groups in total. The summed E-state index contributed by atoms with van der Waals surface area (Å²) in [6.07, 6.45) is -0.207. The summed E-state index contributed by atoms with van der Waals surface area (Å²) in [6, 6.07) is 39.7. The highest BCUT2D eigenvalue weighted by atomic mass is 16.6. The minimum atomic E-state index is -0.446. The molecule has 2 unspecified atom stereocenters. The molecule has 0 radical (unpaired) electrons. The fourth-order valence-electron chi connectivity index (χ4n) is 6.18. The summed E-state index contributed by atoms with van der Waals surface area (Å²) in [5, 5.41) is 3.44. The number of ether oxygens (including phenoxy) is 1. The second kappa shape index (κ2) is 16.2. The van der Waals surface area contributed by atoms with Crippen LogP contribution < -0.4 is 5.32 Å². The molecule has 2 aliphatic heterocycles. The molecule has 6 heteroatoms. The number of hydrogen-bond acceptors (Lipinski definition) is 5. The van der Waals surface area contributed by atoms with E-state index in [4.69, 9.17) is 4.74 Å². The van der Waals surface area contributed by atoms with Gasteiger partial charge in [-0.25, -0.2) is 4.79 Å². The molecular formula is C41H52N4O2. The SMILES string of the molecule is CC1CN(C(=O)OC(C)(C)C)CCN1Cc1ccc(-c2ccccc2)cc1.CC1CNCCN1Cc1ccc(-c2ccccc2)cc1. The number of rotatable bonds is 6. The highest BCUT2D eigenvalue weighted by molar-refractivity contribution is 5.68. The summed E-state index contributed by atoms with van der Waals surface area (Å²) in [4.78, 5) is 19.1. The van der Waals surface area contributed by atoms with Gasteiger partial charge in [-0.2, -0.15) is 0 Å². The molecule has 2 heterocycles. The first-order chi connectivity index (χ1) is 22.6. The number of nitrogens with zero attached hydrogens (tertiary/aromatic N) is 3. The molecule has 1 amide bonds. The van der Waals surface area contributed by atoms with Crippen LogP contribution in [0.15, 0.2) is 109 Å². The predicted octanol–water partition coefficient (Wildman–Crippen LogP) is 7.94. The molecule has 47 heavy (non-hydrogen) atoms. The first-order valence-corrected chi connectivity index (χ1v) is 17.1. The number of piperazine rings is 2. The van der Waals surface area contributed by atoms with E-state index < -0.39 is 5.60 Å². The maximum atomic E-state index is 12.3. The van der Waals surface area contributed by atoms with Crippen molar-refractivity contribution in [1.82, 2.24) is 20.0 Å². The van der Waals surface area contributed by atoms with Crippen molar-refractivity contribution in [2.45, 2.75) is 65.4 Å². The van der Waals surface area contributed by atoms with Crippen LogP contribution in [0.25, 0.3) is 22.3 Å². The standard InChI is InChI=1S/C23H30N2O2.C18H22N2/c1-18-16-25(22(26)27-23(2,3)4)15-14-24(18)17-19-10-12-21(13-11-19)20-8-6-5-7-9-20;1-15-13-19-11-12-20(15)14-16-7-9-18(10-8-16)17-5-3-2-4-6-17/h5-13,18H,14-17H2,1-4H3;2-10,15,19H,11-14H2,1H3. The van der Waals surface area contributed by atoms with E-state index in [-0.39, 0.29) is 6.09 Å². The third kappa shape index (κ3) is 10.3. The van der Waals surface area contributed by atoms with Crippen LogP contribution >= 0.6 is 0 Å². The Bertz CT molecular complexity index is 1520. The van der Waals surface area contributed by atoms with Gasteiger partial charge in [0.05, 0.1) is 0 Å². The first kappa shape index (κ1) is 34.4. The summed E-state index contributed by atoms with van der Waals surface area (Å²) >= 11 is 0. The molecule has 0 saturated carbocycles. The molecule has 4 aromatic carbocycles. The normalized spacial score (nSPS) is 19.0. The van der Waals surface area contributed by atoms with E-state index in [0.717, 1.165) is 39.3 Å². The smallest absolute Gasteiger partial charge is 0.410 e. The van der Waals surface area contributed by atoms with E-state index in [0.29, 0.717) is 25.2 Å². The van der Waals surface area contributed by atoms with Crippen LogP contribution in [0, 0.1) is 0 Å². The molecule has 0 bridgehead atoms. The molecule has 6 rings (SSSR count). The van der Waals surface area contributed by atoms with Crippen LogP contribution in [0.1, 0.15) is 45.7 Å². The zero-order valence-electron chi connectivity index (χ0n) is 28.9. The zero-order valence-corrected chi connectivity index (χ0v) is 28.9. The monoisotopic (exact) mass is 632 g/mol. The highest BCUT2D eigenvalue weighted by Crippen LogP contribution is 2.23. The fraction of sp³-hybridized carbons (Fsp3) is 0.390. The van der Waals surface area contributed by atoms with Gasteiger partial charge in [0.1, 0.15) is 5.60 Å². The molecular weight excluding hydrogens is 580 g/mol. The van der Waals surface area contributed by atoms with Gasteiger partial charge in [0.15, 0.2) is 0 Å². The molecule has 0 aliphatic carbocycles. The zero-order chi connectivity index (χ0) is 33.2. The summed E-state index contributed by atoms with van der Waals surface area (Å²) in [6.45, 7) is 17.8. The third-order valence-corrected chi connectivity index (χ3v) is 8.95. The van der Waals surface area contributed by atoms with E-state index >= 15 is 0 Å². The Morgan fingerprint density at radius 1 is 0.660 bits per heavy atom. The first-order valence-electron chi connectivity index (χ1n) is 17.1. The van der Waals surface area contributed by atoms with E-state index in [1.807, 2.05) is 31.7 Å². The highest BCUT2D eigenvalue weighted by Gasteiger charge is 2.29. The van der Waals surface area contributed by atoms with Crippen LogP contribution in [0.3, 0.4) is 0 Å². The van der Waals surface area contributed by atoms with Gasteiger partial charge in [-0.05, 0) is 68.0 Å². The van der Waals surface area contributed by atoms with E-state index in [1.54, 1.807) is 0 Å². The molecule has 2 saturated heterocycles. The molecule has 6 nitrogen and oxygen atoms in total. The largest absolute Gasteiger partial charge is 0.444 e. The Kier molecular flexibility index (Phi) is 11.9. The Morgan fingerprint density at radius 3 is 1.57 bits per heavy atom. The van der Waals surface area contributed by atoms with Crippen molar-refractivity contribution < 1.29 is 9.53 Å². The number of amides is 1. The lowest BCUT2D eigenvalue weighted by molar-refractivity contribution is 0.00461. The second-order valence-corrected chi connectivity index (χ2v) is 13.9. The number of benzene rings is 4. The average Bonchev–Trinajstić information content (AvgIpc) is 3.08. The average molecular weight is 633 g/mol. The Balaban J connectivity index is 0.000000193. The van der Waals surface area contributed by atoms with Crippen molar-refractivity contribution in [3.63, 3.8) is 0 Å². The van der Waals surface area contributed by atoms with Crippen molar-refractivity contribution >= 4 is 6.09 Å². The second-order valence-electron chi connectivity index (χ2n) is 13.9. The van der Waals surface area contributed by atoms with Crippen LogP contribution in [0.4, 0.5) is 4.79 Å². The minimum Gasteiger partial charge on any atom is -0.444 e. The van der Waals surface area contributed by atoms with Crippen LogP contribution in [0.2, 0.25) is 0 Å². The molecule has 4 aromatic rings. The van der Waals surface area contributed by atoms with Crippen molar-refractivity contribution in [3.8, 4) is 22.3 Å². The van der Waals surface area contributed by atoms with E-state index in [9.17, 15) is 4.79 Å². The maximum Gasteiger partial charge on any atom is 0.410 e. The topological polar surface area (TPSA) is 48.1 Å². The molecule has 2 aliphatic rings. The van der Waals surface area contributed by atoms with Crippen molar-refractivity contribution in [1.29, 1.82) is 0 Å². The lowest BCUT2D eigenvalue weighted by atomic mass is 10.0. The maximum absolute atomic E-state index is 12.3.